The minimum atomic E-state index is -0.526. The molecular weight excluding hydrogens is 689 g/mol. The second-order valence-corrected chi connectivity index (χ2v) is 18.0. The third-order valence-electron chi connectivity index (χ3n) is 12.2. The van der Waals surface area contributed by atoms with Crippen molar-refractivity contribution in [3.8, 4) is 0 Å². The highest BCUT2D eigenvalue weighted by atomic mass is 16.6. The first-order valence-corrected chi connectivity index (χ1v) is 26.1. The fourth-order valence-corrected chi connectivity index (χ4v) is 8.27. The molecule has 0 fully saturated rings. The molecule has 0 aromatic rings. The van der Waals surface area contributed by atoms with Crippen molar-refractivity contribution in [2.75, 3.05) is 19.8 Å². The van der Waals surface area contributed by atoms with Crippen molar-refractivity contribution >= 4 is 5.97 Å². The van der Waals surface area contributed by atoms with E-state index in [1.807, 2.05) is 0 Å². The number of aliphatic hydroxyl groups excluding tert-OH is 1. The van der Waals surface area contributed by atoms with E-state index in [0.717, 1.165) is 19.3 Å². The average Bonchev–Trinajstić information content (AvgIpc) is 3.20. The zero-order chi connectivity index (χ0) is 40.5. The molecule has 0 spiro atoms. The summed E-state index contributed by atoms with van der Waals surface area (Å²) < 4.78 is 11.2. The third kappa shape index (κ3) is 47.8. The molecule has 0 heterocycles. The van der Waals surface area contributed by atoms with Crippen LogP contribution in [0.15, 0.2) is 0 Å². The number of carbonyl (C=O) groups is 1. The molecule has 0 aliphatic carbocycles. The van der Waals surface area contributed by atoms with E-state index in [0.29, 0.717) is 19.6 Å². The topological polar surface area (TPSA) is 55.8 Å². The van der Waals surface area contributed by atoms with Gasteiger partial charge in [-0.15, -0.1) is 0 Å². The SMILES string of the molecule is CCCCCCCCCCCCCCCCCCCCCCCCCC(=O)OC(CO)COCCCCCCCCCCCCCCCCCCCCCCC. The van der Waals surface area contributed by atoms with Crippen LogP contribution in [0.5, 0.6) is 0 Å². The van der Waals surface area contributed by atoms with Gasteiger partial charge < -0.3 is 14.6 Å². The maximum Gasteiger partial charge on any atom is 0.306 e. The highest BCUT2D eigenvalue weighted by Gasteiger charge is 2.13. The molecule has 0 saturated carbocycles. The van der Waals surface area contributed by atoms with Gasteiger partial charge in [0.05, 0.1) is 13.2 Å². The Morgan fingerprint density at radius 1 is 0.357 bits per heavy atom. The molecule has 0 aliphatic heterocycles. The van der Waals surface area contributed by atoms with E-state index >= 15 is 0 Å². The highest BCUT2D eigenvalue weighted by Crippen LogP contribution is 2.17. The van der Waals surface area contributed by atoms with E-state index in [2.05, 4.69) is 13.8 Å². The first-order chi connectivity index (χ1) is 27.7. The Morgan fingerprint density at radius 3 is 0.839 bits per heavy atom. The average molecular weight is 793 g/mol. The van der Waals surface area contributed by atoms with Gasteiger partial charge in [0, 0.05) is 13.0 Å². The molecule has 1 unspecified atom stereocenters. The van der Waals surface area contributed by atoms with E-state index in [4.69, 9.17) is 9.47 Å². The molecule has 0 aromatic heterocycles. The lowest BCUT2D eigenvalue weighted by Gasteiger charge is -2.16. The zero-order valence-electron chi connectivity index (χ0n) is 38.7. The predicted molar refractivity (Wildman–Crippen MR) is 247 cm³/mol. The Bertz CT molecular complexity index is 711. The minimum absolute atomic E-state index is 0.162. The van der Waals surface area contributed by atoms with Crippen molar-refractivity contribution in [2.24, 2.45) is 0 Å². The Balaban J connectivity index is 3.32. The van der Waals surface area contributed by atoms with E-state index in [9.17, 15) is 9.90 Å². The first-order valence-electron chi connectivity index (χ1n) is 26.1. The van der Waals surface area contributed by atoms with E-state index in [-0.39, 0.29) is 12.6 Å². The van der Waals surface area contributed by atoms with Crippen LogP contribution < -0.4 is 0 Å². The smallest absolute Gasteiger partial charge is 0.306 e. The molecule has 0 aliphatic rings. The van der Waals surface area contributed by atoms with Crippen molar-refractivity contribution in [3.63, 3.8) is 0 Å². The molecule has 4 nitrogen and oxygen atoms in total. The van der Waals surface area contributed by atoms with Crippen molar-refractivity contribution < 1.29 is 19.4 Å². The summed E-state index contributed by atoms with van der Waals surface area (Å²) in [4.78, 5) is 12.3. The van der Waals surface area contributed by atoms with Gasteiger partial charge >= 0.3 is 5.97 Å². The van der Waals surface area contributed by atoms with Crippen LogP contribution >= 0.6 is 0 Å². The predicted octanol–water partition coefficient (Wildman–Crippen LogP) is 17.5. The van der Waals surface area contributed by atoms with Crippen molar-refractivity contribution in [2.45, 2.75) is 309 Å². The molecule has 1 atom stereocenters. The summed E-state index contributed by atoms with van der Waals surface area (Å²) in [6, 6.07) is 0. The van der Waals surface area contributed by atoms with Gasteiger partial charge in [-0.2, -0.15) is 0 Å². The second-order valence-electron chi connectivity index (χ2n) is 18.0. The normalized spacial score (nSPS) is 12.1. The number of esters is 1. The molecule has 0 amide bonds. The Labute approximate surface area is 353 Å². The number of rotatable bonds is 50. The number of aliphatic hydroxyl groups is 1. The van der Waals surface area contributed by atoms with Gasteiger partial charge in [0.15, 0.2) is 0 Å². The van der Waals surface area contributed by atoms with Gasteiger partial charge in [-0.1, -0.05) is 284 Å². The molecule has 1 N–H and O–H groups in total. The quantitative estimate of drug-likeness (QED) is 0.0492. The standard InChI is InChI=1S/C52H104O4/c1-3-5-7-9-11-13-15-17-19-21-23-25-26-27-29-31-33-35-37-39-41-43-45-47-52(54)56-51(49-53)50-55-48-46-44-42-40-38-36-34-32-30-28-24-22-20-18-16-14-12-10-8-6-4-2/h51,53H,3-50H2,1-2H3. The number of unbranched alkanes of at least 4 members (excludes halogenated alkanes) is 42. The molecule has 336 valence electrons. The van der Waals surface area contributed by atoms with Crippen molar-refractivity contribution in [1.82, 2.24) is 0 Å². The molecule has 0 rings (SSSR count). The van der Waals surface area contributed by atoms with Crippen LogP contribution in [0.25, 0.3) is 0 Å². The lowest BCUT2D eigenvalue weighted by Crippen LogP contribution is -2.27. The fourth-order valence-electron chi connectivity index (χ4n) is 8.27. The lowest BCUT2D eigenvalue weighted by molar-refractivity contribution is -0.154. The Morgan fingerprint density at radius 2 is 0.589 bits per heavy atom. The summed E-state index contributed by atoms with van der Waals surface area (Å²) >= 11 is 0. The van der Waals surface area contributed by atoms with Gasteiger partial charge in [-0.05, 0) is 12.8 Å². The third-order valence-corrected chi connectivity index (χ3v) is 12.2. The maximum absolute atomic E-state index is 12.3. The van der Waals surface area contributed by atoms with Crippen molar-refractivity contribution in [1.29, 1.82) is 0 Å². The Kier molecular flexibility index (Phi) is 50.0. The van der Waals surface area contributed by atoms with Crippen molar-refractivity contribution in [3.05, 3.63) is 0 Å². The fraction of sp³-hybridized carbons (Fsp3) is 0.981. The molecule has 0 saturated heterocycles. The van der Waals surface area contributed by atoms with Crippen LogP contribution in [-0.4, -0.2) is 37.0 Å². The molecule has 0 bridgehead atoms. The maximum atomic E-state index is 12.3. The van der Waals surface area contributed by atoms with Crippen LogP contribution in [0, 0.1) is 0 Å². The molecular formula is C52H104O4. The monoisotopic (exact) mass is 793 g/mol. The zero-order valence-corrected chi connectivity index (χ0v) is 38.7. The van der Waals surface area contributed by atoms with Crippen LogP contribution in [0.2, 0.25) is 0 Å². The summed E-state index contributed by atoms with van der Waals surface area (Å²) in [5, 5.41) is 9.65. The summed E-state index contributed by atoms with van der Waals surface area (Å²) in [6.07, 6.45) is 60.6. The molecule has 0 aromatic carbocycles. The molecule has 0 radical (unpaired) electrons. The van der Waals surface area contributed by atoms with Gasteiger partial charge in [0.2, 0.25) is 0 Å². The van der Waals surface area contributed by atoms with Gasteiger partial charge in [-0.25, -0.2) is 0 Å². The van der Waals surface area contributed by atoms with Gasteiger partial charge in [-0.3, -0.25) is 4.79 Å². The molecule has 56 heavy (non-hydrogen) atoms. The number of hydrogen-bond donors (Lipinski definition) is 1. The molecule has 4 heteroatoms. The largest absolute Gasteiger partial charge is 0.457 e. The summed E-state index contributed by atoms with van der Waals surface area (Å²) in [6.45, 7) is 5.42. The summed E-state index contributed by atoms with van der Waals surface area (Å²) in [5.41, 5.74) is 0. The van der Waals surface area contributed by atoms with E-state index < -0.39 is 6.10 Å². The summed E-state index contributed by atoms with van der Waals surface area (Å²) in [7, 11) is 0. The number of carbonyl (C=O) groups excluding carboxylic acids is 1. The summed E-state index contributed by atoms with van der Waals surface area (Å²) in [5.74, 6) is -0.190. The number of hydrogen-bond acceptors (Lipinski definition) is 4. The van der Waals surface area contributed by atoms with E-state index in [1.54, 1.807) is 0 Å². The van der Waals surface area contributed by atoms with E-state index in [1.165, 1.54) is 263 Å². The van der Waals surface area contributed by atoms with Crippen LogP contribution in [0.4, 0.5) is 0 Å². The van der Waals surface area contributed by atoms with Crippen LogP contribution in [-0.2, 0) is 14.3 Å². The number of ether oxygens (including phenoxy) is 2. The van der Waals surface area contributed by atoms with Crippen LogP contribution in [0.3, 0.4) is 0 Å². The minimum Gasteiger partial charge on any atom is -0.457 e. The highest BCUT2D eigenvalue weighted by molar-refractivity contribution is 5.69. The second kappa shape index (κ2) is 50.5. The van der Waals surface area contributed by atoms with Gasteiger partial charge in [0.25, 0.3) is 0 Å². The van der Waals surface area contributed by atoms with Gasteiger partial charge in [0.1, 0.15) is 6.10 Å². The lowest BCUT2D eigenvalue weighted by atomic mass is 10.0. The first kappa shape index (κ1) is 55.4. The van der Waals surface area contributed by atoms with Crippen LogP contribution in [0.1, 0.15) is 303 Å². The Hall–Kier alpha value is -0.610.